The van der Waals surface area contributed by atoms with Crippen molar-refractivity contribution in [3.8, 4) is 0 Å². The first kappa shape index (κ1) is 11.0. The van der Waals surface area contributed by atoms with Gasteiger partial charge in [0.05, 0.1) is 17.8 Å². The second kappa shape index (κ2) is 4.55. The van der Waals surface area contributed by atoms with Gasteiger partial charge in [-0.25, -0.2) is 0 Å². The molecule has 88 valence electrons. The number of hydrogen-bond donors (Lipinski definition) is 2. The van der Waals surface area contributed by atoms with Crippen LogP contribution in [0.4, 0.5) is 5.69 Å². The van der Waals surface area contributed by atoms with E-state index in [-0.39, 0.29) is 5.92 Å². The van der Waals surface area contributed by atoms with E-state index in [4.69, 9.17) is 5.11 Å². The van der Waals surface area contributed by atoms with E-state index < -0.39 is 5.97 Å². The molecule has 16 heavy (non-hydrogen) atoms. The van der Waals surface area contributed by atoms with Crippen LogP contribution in [0.3, 0.4) is 0 Å². The van der Waals surface area contributed by atoms with Gasteiger partial charge >= 0.3 is 5.97 Å². The van der Waals surface area contributed by atoms with Crippen molar-refractivity contribution in [2.45, 2.75) is 31.7 Å². The van der Waals surface area contributed by atoms with Crippen molar-refractivity contribution >= 4 is 11.7 Å². The number of rotatable bonds is 3. The molecule has 5 heteroatoms. The third-order valence-corrected chi connectivity index (χ3v) is 3.15. The summed E-state index contributed by atoms with van der Waals surface area (Å²) in [5.74, 6) is -0.799. The van der Waals surface area contributed by atoms with Gasteiger partial charge in [0.1, 0.15) is 0 Å². The largest absolute Gasteiger partial charge is 0.481 e. The van der Waals surface area contributed by atoms with E-state index in [1.165, 1.54) is 0 Å². The van der Waals surface area contributed by atoms with E-state index in [0.29, 0.717) is 6.04 Å². The van der Waals surface area contributed by atoms with Gasteiger partial charge < -0.3 is 10.4 Å². The van der Waals surface area contributed by atoms with Crippen molar-refractivity contribution in [1.82, 2.24) is 9.78 Å². The Morgan fingerprint density at radius 1 is 1.50 bits per heavy atom. The van der Waals surface area contributed by atoms with E-state index in [2.05, 4.69) is 10.4 Å². The highest BCUT2D eigenvalue weighted by atomic mass is 16.4. The number of carboxylic acid groups (broad SMARTS) is 1. The SMILES string of the molecule is Cn1cc(NC2CCC(C(=O)O)CC2)cn1. The van der Waals surface area contributed by atoms with Crippen LogP contribution in [0.2, 0.25) is 0 Å². The first-order valence-electron chi connectivity index (χ1n) is 5.63. The normalized spacial score (nSPS) is 25.3. The topological polar surface area (TPSA) is 67.2 Å². The van der Waals surface area contributed by atoms with Crippen LogP contribution in [0.25, 0.3) is 0 Å². The molecule has 0 aliphatic heterocycles. The number of carboxylic acids is 1. The molecule has 0 amide bonds. The molecular formula is C11H17N3O2. The fourth-order valence-electron chi connectivity index (χ4n) is 2.22. The molecule has 0 aromatic carbocycles. The van der Waals surface area contributed by atoms with Crippen LogP contribution >= 0.6 is 0 Å². The molecule has 2 rings (SSSR count). The number of aryl methyl sites for hydroxylation is 1. The number of aromatic nitrogens is 2. The van der Waals surface area contributed by atoms with Crippen molar-refractivity contribution < 1.29 is 9.90 Å². The number of anilines is 1. The van der Waals surface area contributed by atoms with Crippen molar-refractivity contribution in [1.29, 1.82) is 0 Å². The van der Waals surface area contributed by atoms with Crippen molar-refractivity contribution in [3.05, 3.63) is 12.4 Å². The van der Waals surface area contributed by atoms with Crippen LogP contribution in [-0.2, 0) is 11.8 Å². The number of hydrogen-bond acceptors (Lipinski definition) is 3. The van der Waals surface area contributed by atoms with Crippen LogP contribution in [0.5, 0.6) is 0 Å². The summed E-state index contributed by atoms with van der Waals surface area (Å²) in [6.07, 6.45) is 7.12. The zero-order chi connectivity index (χ0) is 11.5. The first-order valence-corrected chi connectivity index (χ1v) is 5.63. The smallest absolute Gasteiger partial charge is 0.306 e. The maximum atomic E-state index is 10.8. The van der Waals surface area contributed by atoms with Gasteiger partial charge in [0.2, 0.25) is 0 Å². The maximum absolute atomic E-state index is 10.8. The predicted molar refractivity (Wildman–Crippen MR) is 60.2 cm³/mol. The standard InChI is InChI=1S/C11H17N3O2/c1-14-7-10(6-12-14)13-9-4-2-8(3-5-9)11(15)16/h6-9,13H,2-5H2,1H3,(H,15,16). The Morgan fingerprint density at radius 3 is 2.69 bits per heavy atom. The van der Waals surface area contributed by atoms with Gasteiger partial charge in [-0.05, 0) is 25.7 Å². The maximum Gasteiger partial charge on any atom is 0.306 e. The highest BCUT2D eigenvalue weighted by molar-refractivity contribution is 5.70. The molecule has 0 bridgehead atoms. The zero-order valence-electron chi connectivity index (χ0n) is 9.39. The molecule has 0 unspecified atom stereocenters. The summed E-state index contributed by atoms with van der Waals surface area (Å²) < 4.78 is 1.76. The molecule has 1 aliphatic rings. The van der Waals surface area contributed by atoms with E-state index >= 15 is 0 Å². The molecule has 1 heterocycles. The molecule has 0 radical (unpaired) electrons. The minimum absolute atomic E-state index is 0.146. The molecular weight excluding hydrogens is 206 g/mol. The fourth-order valence-corrected chi connectivity index (χ4v) is 2.22. The molecule has 0 spiro atoms. The molecule has 1 aromatic rings. The van der Waals surface area contributed by atoms with Gasteiger partial charge in [0, 0.05) is 19.3 Å². The summed E-state index contributed by atoms with van der Waals surface area (Å²) >= 11 is 0. The van der Waals surface area contributed by atoms with Crippen molar-refractivity contribution in [2.24, 2.45) is 13.0 Å². The van der Waals surface area contributed by atoms with Crippen LogP contribution in [0.15, 0.2) is 12.4 Å². The average molecular weight is 223 g/mol. The second-order valence-corrected chi connectivity index (χ2v) is 4.43. The van der Waals surface area contributed by atoms with Crippen LogP contribution in [-0.4, -0.2) is 26.9 Å². The van der Waals surface area contributed by atoms with Gasteiger partial charge in [0.25, 0.3) is 0 Å². The Kier molecular flexibility index (Phi) is 3.12. The molecule has 2 N–H and O–H groups in total. The molecule has 0 saturated heterocycles. The molecule has 5 nitrogen and oxygen atoms in total. The Morgan fingerprint density at radius 2 is 2.19 bits per heavy atom. The monoisotopic (exact) mass is 223 g/mol. The van der Waals surface area contributed by atoms with Crippen molar-refractivity contribution in [2.75, 3.05) is 5.32 Å². The van der Waals surface area contributed by atoms with Gasteiger partial charge in [0.15, 0.2) is 0 Å². The summed E-state index contributed by atoms with van der Waals surface area (Å²) in [5.41, 5.74) is 1.02. The lowest BCUT2D eigenvalue weighted by molar-refractivity contribution is -0.142. The van der Waals surface area contributed by atoms with Gasteiger partial charge in [-0.3, -0.25) is 9.48 Å². The average Bonchev–Trinajstić information content (AvgIpc) is 2.65. The highest BCUT2D eigenvalue weighted by Crippen LogP contribution is 2.26. The number of aliphatic carboxylic acids is 1. The molecule has 0 atom stereocenters. The van der Waals surface area contributed by atoms with Gasteiger partial charge in [-0.2, -0.15) is 5.10 Å². The first-order chi connectivity index (χ1) is 7.65. The molecule has 1 aliphatic carbocycles. The van der Waals surface area contributed by atoms with Crippen LogP contribution in [0, 0.1) is 5.92 Å². The Hall–Kier alpha value is -1.52. The van der Waals surface area contributed by atoms with E-state index in [1.807, 2.05) is 13.2 Å². The van der Waals surface area contributed by atoms with Crippen molar-refractivity contribution in [3.63, 3.8) is 0 Å². The lowest BCUT2D eigenvalue weighted by atomic mass is 9.86. The molecule has 1 fully saturated rings. The van der Waals surface area contributed by atoms with E-state index in [0.717, 1.165) is 31.4 Å². The number of carbonyl (C=O) groups is 1. The van der Waals surface area contributed by atoms with E-state index in [1.54, 1.807) is 10.9 Å². The summed E-state index contributed by atoms with van der Waals surface area (Å²) in [6.45, 7) is 0. The summed E-state index contributed by atoms with van der Waals surface area (Å²) in [7, 11) is 1.88. The zero-order valence-corrected chi connectivity index (χ0v) is 9.39. The third-order valence-electron chi connectivity index (χ3n) is 3.15. The van der Waals surface area contributed by atoms with Crippen LogP contribution in [0.1, 0.15) is 25.7 Å². The van der Waals surface area contributed by atoms with Crippen LogP contribution < -0.4 is 5.32 Å². The summed E-state index contributed by atoms with van der Waals surface area (Å²) in [5, 5.41) is 16.4. The quantitative estimate of drug-likeness (QED) is 0.814. The highest BCUT2D eigenvalue weighted by Gasteiger charge is 2.25. The van der Waals surface area contributed by atoms with Gasteiger partial charge in [-0.15, -0.1) is 0 Å². The fraction of sp³-hybridized carbons (Fsp3) is 0.636. The number of nitrogens with zero attached hydrogens (tertiary/aromatic N) is 2. The second-order valence-electron chi connectivity index (χ2n) is 4.43. The van der Waals surface area contributed by atoms with E-state index in [9.17, 15) is 4.79 Å². The predicted octanol–water partition coefficient (Wildman–Crippen LogP) is 1.48. The Labute approximate surface area is 94.5 Å². The lowest BCUT2D eigenvalue weighted by Gasteiger charge is -2.26. The Balaban J connectivity index is 1.83. The minimum Gasteiger partial charge on any atom is -0.481 e. The van der Waals surface area contributed by atoms with Gasteiger partial charge in [-0.1, -0.05) is 0 Å². The number of nitrogens with one attached hydrogen (secondary N) is 1. The third kappa shape index (κ3) is 2.53. The molecule has 1 aromatic heterocycles. The Bertz CT molecular complexity index is 367. The lowest BCUT2D eigenvalue weighted by Crippen LogP contribution is -2.29. The summed E-state index contributed by atoms with van der Waals surface area (Å²) in [6, 6.07) is 0.389. The molecule has 1 saturated carbocycles. The minimum atomic E-state index is -0.653. The summed E-state index contributed by atoms with van der Waals surface area (Å²) in [4.78, 5) is 10.8.